The lowest BCUT2D eigenvalue weighted by atomic mass is 9.51. The number of benzene rings is 1. The zero-order valence-corrected chi connectivity index (χ0v) is 26.6. The van der Waals surface area contributed by atoms with Crippen LogP contribution in [0.2, 0.25) is 0 Å². The minimum Gasteiger partial charge on any atom is -0.488 e. The maximum atomic E-state index is 6.75. The highest BCUT2D eigenvalue weighted by Crippen LogP contribution is 2.64. The Balaban J connectivity index is 1.43. The predicted octanol–water partition coefficient (Wildman–Crippen LogP) is 10.1. The fourth-order valence-electron chi connectivity index (χ4n) is 9.71. The van der Waals surface area contributed by atoms with Crippen LogP contribution in [0, 0.1) is 52.3 Å². The Morgan fingerprint density at radius 2 is 1.74 bits per heavy atom. The van der Waals surface area contributed by atoms with Crippen molar-refractivity contribution in [2.45, 2.75) is 138 Å². The third kappa shape index (κ3) is 6.59. The van der Waals surface area contributed by atoms with Gasteiger partial charge >= 0.3 is 0 Å². The summed E-state index contributed by atoms with van der Waals surface area (Å²) in [4.78, 5) is 0. The van der Waals surface area contributed by atoms with Gasteiger partial charge in [-0.05, 0) is 110 Å². The lowest BCUT2D eigenvalue weighted by Gasteiger charge is -2.55. The second kappa shape index (κ2) is 12.6. The first-order valence-electron chi connectivity index (χ1n) is 16.8. The maximum absolute atomic E-state index is 6.75. The van der Waals surface area contributed by atoms with Crippen molar-refractivity contribution < 1.29 is 4.74 Å². The van der Waals surface area contributed by atoms with Gasteiger partial charge in [-0.1, -0.05) is 80.6 Å². The largest absolute Gasteiger partial charge is 0.488 e. The van der Waals surface area contributed by atoms with Crippen LogP contribution in [0.15, 0.2) is 18.2 Å². The highest BCUT2D eigenvalue weighted by Gasteiger charge is 2.56. The monoisotopic (exact) mass is 538 g/mol. The molecule has 8 atom stereocenters. The summed E-state index contributed by atoms with van der Waals surface area (Å²) in [5.41, 5.74) is 14.6. The molecule has 0 bridgehead atoms. The molecule has 8 unspecified atom stereocenters. The summed E-state index contributed by atoms with van der Waals surface area (Å²) in [5, 5.41) is 0. The first-order chi connectivity index (χ1) is 18.5. The Morgan fingerprint density at radius 1 is 0.974 bits per heavy atom. The molecule has 4 N–H and O–H groups in total. The minimum atomic E-state index is 0.112. The highest BCUT2D eigenvalue weighted by atomic mass is 16.5. The SMILES string of the molecule is CCCCC(Oc1cc(N)ccc1N)C(C)(C)C1CCC2C(CCC3(C)C(C(C)CCCC(C)C)CCC23)C1. The van der Waals surface area contributed by atoms with Crippen LogP contribution in [0.3, 0.4) is 0 Å². The molecule has 222 valence electrons. The normalized spacial score (nSPS) is 32.5. The second-order valence-electron chi connectivity index (χ2n) is 15.4. The first-order valence-corrected chi connectivity index (χ1v) is 16.8. The fourth-order valence-corrected chi connectivity index (χ4v) is 9.71. The quantitative estimate of drug-likeness (QED) is 0.260. The number of hydrogen-bond donors (Lipinski definition) is 2. The summed E-state index contributed by atoms with van der Waals surface area (Å²) in [6.07, 6.45) is 17.9. The zero-order valence-electron chi connectivity index (χ0n) is 26.6. The molecule has 0 spiro atoms. The maximum Gasteiger partial charge on any atom is 0.144 e. The number of nitrogen functional groups attached to an aromatic ring is 2. The minimum absolute atomic E-state index is 0.112. The number of hydrogen-bond acceptors (Lipinski definition) is 3. The van der Waals surface area contributed by atoms with Crippen LogP contribution in [0.4, 0.5) is 11.4 Å². The Hall–Kier alpha value is -1.38. The van der Waals surface area contributed by atoms with Crippen molar-refractivity contribution in [3.8, 4) is 5.75 Å². The highest BCUT2D eigenvalue weighted by molar-refractivity contribution is 5.59. The number of rotatable bonds is 12. The molecule has 0 radical (unpaired) electrons. The van der Waals surface area contributed by atoms with Crippen LogP contribution in [0.1, 0.15) is 132 Å². The van der Waals surface area contributed by atoms with Gasteiger partial charge in [0.2, 0.25) is 0 Å². The van der Waals surface area contributed by atoms with Crippen molar-refractivity contribution in [2.75, 3.05) is 11.5 Å². The van der Waals surface area contributed by atoms with Gasteiger partial charge in [0.15, 0.2) is 0 Å². The molecule has 0 saturated heterocycles. The summed E-state index contributed by atoms with van der Waals surface area (Å²) >= 11 is 0. The first kappa shape index (κ1) is 30.6. The van der Waals surface area contributed by atoms with E-state index in [4.69, 9.17) is 16.2 Å². The summed E-state index contributed by atoms with van der Waals surface area (Å²) in [5.74, 6) is 6.96. The lowest BCUT2D eigenvalue weighted by molar-refractivity contribution is -0.0659. The third-order valence-corrected chi connectivity index (χ3v) is 12.2. The molecule has 3 nitrogen and oxygen atoms in total. The van der Waals surface area contributed by atoms with E-state index in [0.29, 0.717) is 17.0 Å². The molecule has 0 aliphatic heterocycles. The van der Waals surface area contributed by atoms with Gasteiger partial charge in [0.25, 0.3) is 0 Å². The molecule has 3 saturated carbocycles. The molecular formula is C36H62N2O. The van der Waals surface area contributed by atoms with Gasteiger partial charge in [0.1, 0.15) is 11.9 Å². The predicted molar refractivity (Wildman–Crippen MR) is 169 cm³/mol. The van der Waals surface area contributed by atoms with Gasteiger partial charge in [-0.2, -0.15) is 0 Å². The van der Waals surface area contributed by atoms with Crippen LogP contribution in [0.25, 0.3) is 0 Å². The summed E-state index contributed by atoms with van der Waals surface area (Å²) in [7, 11) is 0. The average molecular weight is 539 g/mol. The van der Waals surface area contributed by atoms with Gasteiger partial charge < -0.3 is 16.2 Å². The van der Waals surface area contributed by atoms with Crippen molar-refractivity contribution in [2.24, 2.45) is 52.3 Å². The van der Waals surface area contributed by atoms with E-state index < -0.39 is 0 Å². The van der Waals surface area contributed by atoms with Gasteiger partial charge in [0.05, 0.1) is 5.69 Å². The molecular weight excluding hydrogens is 476 g/mol. The van der Waals surface area contributed by atoms with E-state index in [1.807, 2.05) is 18.2 Å². The Morgan fingerprint density at radius 3 is 2.46 bits per heavy atom. The Kier molecular flexibility index (Phi) is 9.91. The number of anilines is 2. The van der Waals surface area contributed by atoms with E-state index in [1.54, 1.807) is 0 Å². The molecule has 39 heavy (non-hydrogen) atoms. The Labute approximate surface area is 241 Å². The van der Waals surface area contributed by atoms with E-state index in [-0.39, 0.29) is 11.5 Å². The molecule has 4 rings (SSSR count). The Bertz CT molecular complexity index is 925. The molecule has 0 amide bonds. The number of nitrogens with two attached hydrogens (primary N) is 2. The molecule has 3 aliphatic carbocycles. The summed E-state index contributed by atoms with van der Waals surface area (Å²) < 4.78 is 6.75. The molecule has 3 aliphatic rings. The molecule has 1 aromatic carbocycles. The van der Waals surface area contributed by atoms with Gasteiger partial charge in [-0.3, -0.25) is 0 Å². The van der Waals surface area contributed by atoms with Crippen LogP contribution < -0.4 is 16.2 Å². The smallest absolute Gasteiger partial charge is 0.144 e. The molecule has 3 fully saturated rings. The van der Waals surface area contributed by atoms with Gasteiger partial charge in [0, 0.05) is 17.2 Å². The lowest BCUT2D eigenvalue weighted by Crippen LogP contribution is -2.48. The van der Waals surface area contributed by atoms with Gasteiger partial charge in [-0.25, -0.2) is 0 Å². The van der Waals surface area contributed by atoms with Crippen molar-refractivity contribution in [3.05, 3.63) is 18.2 Å². The number of fused-ring (bicyclic) bond motifs is 3. The van der Waals surface area contributed by atoms with Crippen LogP contribution in [0.5, 0.6) is 5.75 Å². The van der Waals surface area contributed by atoms with Crippen LogP contribution >= 0.6 is 0 Å². The fraction of sp³-hybridized carbons (Fsp3) is 0.833. The van der Waals surface area contributed by atoms with E-state index in [9.17, 15) is 0 Å². The molecule has 0 aromatic heterocycles. The van der Waals surface area contributed by atoms with E-state index in [0.717, 1.165) is 53.4 Å². The van der Waals surface area contributed by atoms with Crippen LogP contribution in [-0.4, -0.2) is 6.10 Å². The van der Waals surface area contributed by atoms with E-state index in [1.165, 1.54) is 77.0 Å². The number of ether oxygens (including phenoxy) is 1. The topological polar surface area (TPSA) is 61.3 Å². The molecule has 0 heterocycles. The van der Waals surface area contributed by atoms with Crippen molar-refractivity contribution in [1.29, 1.82) is 0 Å². The van der Waals surface area contributed by atoms with Crippen LogP contribution in [-0.2, 0) is 0 Å². The molecule has 3 heteroatoms. The van der Waals surface area contributed by atoms with Crippen molar-refractivity contribution >= 4 is 11.4 Å². The standard InChI is InChI=1S/C36H62N2O/c1-8-9-13-34(39-33-23-28(37)15-19-32(33)38)35(5,6)27-14-16-29-26(22-27)20-21-36(7)30(17-18-31(29)36)25(4)12-10-11-24(2)3/h15,19,23-27,29-31,34H,8-14,16-18,20-22,37-38H2,1-7H3. The van der Waals surface area contributed by atoms with Crippen molar-refractivity contribution in [3.63, 3.8) is 0 Å². The van der Waals surface area contributed by atoms with E-state index in [2.05, 4.69) is 48.5 Å². The van der Waals surface area contributed by atoms with E-state index >= 15 is 0 Å². The van der Waals surface area contributed by atoms with Gasteiger partial charge in [-0.15, -0.1) is 0 Å². The second-order valence-corrected chi connectivity index (χ2v) is 15.4. The number of unbranched alkanes of at least 4 members (excludes halogenated alkanes) is 1. The third-order valence-electron chi connectivity index (χ3n) is 12.2. The average Bonchev–Trinajstić information content (AvgIpc) is 3.25. The van der Waals surface area contributed by atoms with Crippen molar-refractivity contribution in [1.82, 2.24) is 0 Å². The summed E-state index contributed by atoms with van der Waals surface area (Å²) in [6, 6.07) is 5.68. The zero-order chi connectivity index (χ0) is 28.4. The molecule has 1 aromatic rings. The summed E-state index contributed by atoms with van der Waals surface area (Å²) in [6.45, 7) is 17.3.